The Morgan fingerprint density at radius 2 is 0.886 bits per heavy atom. The molecule has 1 heterocycles. The monoisotopic (exact) mass is 598 g/mol. The fraction of sp³-hybridized carbons (Fsp3) is 0.176. The number of hydrogen-bond donors (Lipinski definition) is 0. The number of esters is 4. The van der Waals surface area contributed by atoms with Crippen LogP contribution in [0.1, 0.15) is 41.4 Å². The van der Waals surface area contributed by atoms with Crippen molar-refractivity contribution >= 4 is 23.9 Å². The third-order valence-electron chi connectivity index (χ3n) is 6.70. The van der Waals surface area contributed by atoms with Crippen LogP contribution in [0.25, 0.3) is 0 Å². The molecule has 224 valence electrons. The van der Waals surface area contributed by atoms with Crippen molar-refractivity contribution in [3.05, 3.63) is 144 Å². The van der Waals surface area contributed by atoms with E-state index in [9.17, 15) is 19.2 Å². The van der Waals surface area contributed by atoms with Gasteiger partial charge in [-0.1, -0.05) is 72.8 Å². The molecule has 1 aliphatic rings. The van der Waals surface area contributed by atoms with Crippen LogP contribution in [0, 0.1) is 0 Å². The highest BCUT2D eigenvalue weighted by Gasteiger charge is 2.53. The minimum atomic E-state index is -2.17. The van der Waals surface area contributed by atoms with Gasteiger partial charge in [0.25, 0.3) is 0 Å². The molecule has 4 aromatic rings. The summed E-state index contributed by atoms with van der Waals surface area (Å²) in [6.45, 7) is -0.632. The van der Waals surface area contributed by atoms with Crippen molar-refractivity contribution in [3.8, 4) is 0 Å². The smallest absolute Gasteiger partial charge is 0.340 e. The number of rotatable bonds is 9. The summed E-state index contributed by atoms with van der Waals surface area (Å²) in [5.41, 5.74) is 0.566. The Labute approximate surface area is 252 Å². The van der Waals surface area contributed by atoms with E-state index < -0.39 is 61.3 Å². The lowest BCUT2D eigenvalue weighted by Crippen LogP contribution is -2.61. The first-order valence-electron chi connectivity index (χ1n) is 13.7. The molecule has 1 saturated heterocycles. The number of carbonyl (C=O) groups excluding carboxylic acids is 4. The Bertz CT molecular complexity index is 1570. The van der Waals surface area contributed by atoms with Gasteiger partial charge in [0.1, 0.15) is 12.7 Å². The maximum Gasteiger partial charge on any atom is 0.340 e. The van der Waals surface area contributed by atoms with E-state index in [1.165, 1.54) is 48.5 Å². The van der Waals surface area contributed by atoms with Gasteiger partial charge in [-0.05, 0) is 48.5 Å². The fourth-order valence-electron chi connectivity index (χ4n) is 4.45. The normalized spacial score (nSPS) is 21.0. The number of benzene rings is 4. The predicted octanol–water partition coefficient (Wildman–Crippen LogP) is 5.21. The van der Waals surface area contributed by atoms with Gasteiger partial charge >= 0.3 is 23.9 Å². The Morgan fingerprint density at radius 3 is 1.32 bits per heavy atom. The van der Waals surface area contributed by atoms with Crippen molar-refractivity contribution in [2.24, 2.45) is 0 Å². The van der Waals surface area contributed by atoms with Crippen molar-refractivity contribution in [1.82, 2.24) is 0 Å². The summed E-state index contributed by atoms with van der Waals surface area (Å²) in [4.78, 5) is 51.9. The van der Waals surface area contributed by atoms with Crippen LogP contribution in [0.2, 0.25) is 0 Å². The summed E-state index contributed by atoms with van der Waals surface area (Å²) in [5.74, 6) is -3.45. The van der Waals surface area contributed by atoms with E-state index in [1.807, 2.05) is 0 Å². The minimum Gasteiger partial charge on any atom is -0.459 e. The molecule has 9 nitrogen and oxygen atoms in total. The Hall–Kier alpha value is -5.35. The van der Waals surface area contributed by atoms with Crippen molar-refractivity contribution in [3.63, 3.8) is 0 Å². The van der Waals surface area contributed by atoms with Crippen LogP contribution in [-0.2, 0) is 23.7 Å². The first-order chi connectivity index (χ1) is 21.4. The van der Waals surface area contributed by atoms with E-state index in [2.05, 4.69) is 0 Å². The van der Waals surface area contributed by atoms with Gasteiger partial charge in [0.05, 0.1) is 22.3 Å². The van der Waals surface area contributed by atoms with Crippen LogP contribution in [-0.4, -0.2) is 61.3 Å². The average molecular weight is 599 g/mol. The van der Waals surface area contributed by atoms with Gasteiger partial charge in [0.15, 0.2) is 12.3 Å². The highest BCUT2D eigenvalue weighted by Crippen LogP contribution is 2.31. The van der Waals surface area contributed by atoms with Gasteiger partial charge in [-0.2, -0.15) is 0 Å². The van der Waals surface area contributed by atoms with Crippen molar-refractivity contribution in [2.75, 3.05) is 6.61 Å². The zero-order chi connectivity index (χ0) is 30.9. The van der Waals surface area contributed by atoms with Gasteiger partial charge in [0, 0.05) is 0 Å². The van der Waals surface area contributed by atoms with E-state index in [-0.39, 0.29) is 22.3 Å². The molecular formula is C34H27FO9. The van der Waals surface area contributed by atoms with E-state index in [4.69, 9.17) is 23.7 Å². The van der Waals surface area contributed by atoms with Crippen molar-refractivity contribution in [1.29, 1.82) is 0 Å². The molecule has 0 radical (unpaired) electrons. The third kappa shape index (κ3) is 7.34. The number of halogens is 1. The highest BCUT2D eigenvalue weighted by atomic mass is 19.1. The maximum atomic E-state index is 16.3. The molecule has 0 aliphatic carbocycles. The fourth-order valence-corrected chi connectivity index (χ4v) is 4.45. The van der Waals surface area contributed by atoms with E-state index >= 15 is 4.39 Å². The first-order valence-corrected chi connectivity index (χ1v) is 13.7. The van der Waals surface area contributed by atoms with Gasteiger partial charge < -0.3 is 23.7 Å². The average Bonchev–Trinajstić information content (AvgIpc) is 3.08. The molecule has 0 amide bonds. The second-order valence-corrected chi connectivity index (χ2v) is 9.70. The first kappa shape index (κ1) is 30.1. The largest absolute Gasteiger partial charge is 0.459 e. The Balaban J connectivity index is 1.46. The quantitative estimate of drug-likeness (QED) is 0.189. The molecule has 0 saturated carbocycles. The standard InChI is InChI=1S/C34H27FO9/c35-27-26(21-40-30(36)22-13-5-1-6-14-22)41-34(44-33(39)25-19-11-4-12-20-25)29(43-32(38)24-17-9-3-10-18-24)28(27)42-31(37)23-15-7-2-8-16-23/h1-20,26-29,34H,21H2/t26-,27+,28+,29-,34+/m1/s1. The van der Waals surface area contributed by atoms with Crippen LogP contribution in [0.4, 0.5) is 4.39 Å². The summed E-state index contributed by atoms with van der Waals surface area (Å²) in [6, 6.07) is 31.5. The van der Waals surface area contributed by atoms with Crippen LogP contribution in [0.5, 0.6) is 0 Å². The minimum absolute atomic E-state index is 0.101. The molecule has 0 spiro atoms. The molecule has 1 fully saturated rings. The van der Waals surface area contributed by atoms with Crippen LogP contribution in [0.15, 0.2) is 121 Å². The Kier molecular flexibility index (Phi) is 9.73. The number of carbonyl (C=O) groups is 4. The van der Waals surface area contributed by atoms with Crippen LogP contribution >= 0.6 is 0 Å². The third-order valence-corrected chi connectivity index (χ3v) is 6.70. The van der Waals surface area contributed by atoms with Gasteiger partial charge in [-0.25, -0.2) is 23.6 Å². The Morgan fingerprint density at radius 1 is 0.523 bits per heavy atom. The molecule has 0 N–H and O–H groups in total. The molecule has 0 unspecified atom stereocenters. The number of alkyl halides is 1. The molecule has 5 rings (SSSR count). The molecule has 10 heteroatoms. The van der Waals surface area contributed by atoms with Gasteiger partial charge in [-0.15, -0.1) is 0 Å². The molecule has 44 heavy (non-hydrogen) atoms. The molecule has 1 aliphatic heterocycles. The van der Waals surface area contributed by atoms with Crippen molar-refractivity contribution < 1.29 is 47.3 Å². The second-order valence-electron chi connectivity index (χ2n) is 9.70. The summed E-state index contributed by atoms with van der Waals surface area (Å²) in [6.07, 6.45) is -9.06. The molecule has 0 bridgehead atoms. The van der Waals surface area contributed by atoms with Crippen molar-refractivity contribution in [2.45, 2.75) is 30.8 Å². The van der Waals surface area contributed by atoms with E-state index in [0.717, 1.165) is 0 Å². The zero-order valence-electron chi connectivity index (χ0n) is 23.2. The second kappa shape index (κ2) is 14.2. The summed E-state index contributed by atoms with van der Waals surface area (Å²) >= 11 is 0. The van der Waals surface area contributed by atoms with Crippen LogP contribution < -0.4 is 0 Å². The molecule has 0 aromatic heterocycles. The van der Waals surface area contributed by atoms with Gasteiger partial charge in [0.2, 0.25) is 12.4 Å². The highest BCUT2D eigenvalue weighted by molar-refractivity contribution is 5.91. The van der Waals surface area contributed by atoms with E-state index in [1.54, 1.807) is 72.8 Å². The predicted molar refractivity (Wildman–Crippen MR) is 153 cm³/mol. The zero-order valence-corrected chi connectivity index (χ0v) is 23.2. The lowest BCUT2D eigenvalue weighted by Gasteiger charge is -2.41. The lowest BCUT2D eigenvalue weighted by atomic mass is 9.99. The lowest BCUT2D eigenvalue weighted by molar-refractivity contribution is -0.272. The maximum absolute atomic E-state index is 16.3. The summed E-state index contributed by atoms with van der Waals surface area (Å²) in [5, 5.41) is 0. The molecule has 5 atom stereocenters. The molecule has 4 aromatic carbocycles. The summed E-state index contributed by atoms with van der Waals surface area (Å²) < 4.78 is 44.1. The van der Waals surface area contributed by atoms with E-state index in [0.29, 0.717) is 0 Å². The molecular weight excluding hydrogens is 571 g/mol. The number of ether oxygens (including phenoxy) is 5. The number of hydrogen-bond acceptors (Lipinski definition) is 9. The summed E-state index contributed by atoms with van der Waals surface area (Å²) in [7, 11) is 0. The van der Waals surface area contributed by atoms with Crippen LogP contribution in [0.3, 0.4) is 0 Å². The SMILES string of the molecule is O=C(OC[C@H]1O[C@@H](OC(=O)c2ccccc2)[C@H](OC(=O)c2ccccc2)[C@@H](OC(=O)c2ccccc2)[C@H]1F)c1ccccc1. The topological polar surface area (TPSA) is 114 Å². The van der Waals surface area contributed by atoms with Gasteiger partial charge in [-0.3, -0.25) is 0 Å².